The Morgan fingerprint density at radius 2 is 0.932 bits per heavy atom. The molecule has 0 unspecified atom stereocenters. The fourth-order valence-electron chi connectivity index (χ4n) is 7.41. The summed E-state index contributed by atoms with van der Waals surface area (Å²) in [4.78, 5) is 32.2. The second-order valence-corrected chi connectivity index (χ2v) is 18.3. The van der Waals surface area contributed by atoms with Gasteiger partial charge in [-0.15, -0.1) is 22.6 Å². The first-order chi connectivity index (χ1) is 35.6. The highest BCUT2D eigenvalue weighted by molar-refractivity contribution is 6.32. The smallest absolute Gasteiger partial charge is 0.170 e. The molecule has 4 heterocycles. The van der Waals surface area contributed by atoms with Crippen LogP contribution in [0, 0.1) is 0 Å². The van der Waals surface area contributed by atoms with Gasteiger partial charge in [-0.05, 0) is 52.5 Å². The lowest BCUT2D eigenvalue weighted by Crippen LogP contribution is -2.39. The molecule has 0 saturated carbocycles. The Kier molecular flexibility index (Phi) is 25.7. The summed E-state index contributed by atoms with van der Waals surface area (Å²) in [6.07, 6.45) is 0. The van der Waals surface area contributed by atoms with Crippen LogP contribution < -0.4 is 20.9 Å². The van der Waals surface area contributed by atoms with E-state index in [1.807, 2.05) is 154 Å². The summed E-state index contributed by atoms with van der Waals surface area (Å²) in [6.45, 7) is 14.0. The Hall–Kier alpha value is -6.06. The Morgan fingerprint density at radius 3 is 1.38 bits per heavy atom. The van der Waals surface area contributed by atoms with E-state index < -0.39 is 0 Å². The maximum absolute atomic E-state index is 6.52. The van der Waals surface area contributed by atoms with E-state index >= 15 is 0 Å². The van der Waals surface area contributed by atoms with E-state index in [1.54, 1.807) is 0 Å². The van der Waals surface area contributed by atoms with Crippen LogP contribution in [0.3, 0.4) is 0 Å². The predicted molar refractivity (Wildman–Crippen MR) is 304 cm³/mol. The molecule has 74 heavy (non-hydrogen) atoms. The number of nitrogens with two attached hydrogens (primary N) is 1. The van der Waals surface area contributed by atoms with Gasteiger partial charge in [0.2, 0.25) is 0 Å². The molecule has 396 valence electrons. The number of anilines is 3. The molecule has 4 aromatic carbocycles. The van der Waals surface area contributed by atoms with Gasteiger partial charge < -0.3 is 40.1 Å². The fraction of sp³-hybridized carbons (Fsp3) is 0.407. The molecule has 0 radical (unpaired) electrons. The van der Waals surface area contributed by atoms with E-state index in [2.05, 4.69) is 69.4 Å². The highest BCUT2D eigenvalue weighted by Gasteiger charge is 2.21. The number of hydrogen-bond acceptors (Lipinski definition) is 18. The molecule has 2 fully saturated rings. The van der Waals surface area contributed by atoms with E-state index in [0.29, 0.717) is 34.7 Å². The monoisotopic (exact) mass is 1050 g/mol. The topological polar surface area (TPSA) is 177 Å². The minimum atomic E-state index is 0. The van der Waals surface area contributed by atoms with Crippen molar-refractivity contribution in [3.05, 3.63) is 126 Å². The second-order valence-electron chi connectivity index (χ2n) is 18.0. The van der Waals surface area contributed by atoms with Gasteiger partial charge in [-0.25, -0.2) is 19.9 Å². The van der Waals surface area contributed by atoms with Crippen LogP contribution in [0.2, 0.25) is 5.15 Å². The van der Waals surface area contributed by atoms with Crippen LogP contribution in [0.25, 0.3) is 22.8 Å². The molecule has 2 aliphatic rings. The van der Waals surface area contributed by atoms with Crippen LogP contribution in [-0.4, -0.2) is 187 Å². The third-order valence-corrected chi connectivity index (χ3v) is 11.9. The summed E-state index contributed by atoms with van der Waals surface area (Å²) in [5.74, 6) is 3.31. The highest BCUT2D eigenvalue weighted by atomic mass is 35.5. The van der Waals surface area contributed by atoms with Crippen molar-refractivity contribution in [1.82, 2.24) is 39.5 Å². The third-order valence-electron chi connectivity index (χ3n) is 11.7. The first-order valence-corrected chi connectivity index (χ1v) is 25.3. The number of nitrogens with one attached hydrogen (secondary N) is 1. The molecule has 3 N–H and O–H groups in total. The molecule has 20 heteroatoms. The van der Waals surface area contributed by atoms with Crippen LogP contribution in [0.1, 0.15) is 0 Å². The number of azo groups is 2. The van der Waals surface area contributed by atoms with E-state index in [9.17, 15) is 0 Å². The van der Waals surface area contributed by atoms with Gasteiger partial charge in [-0.1, -0.05) is 109 Å². The molecule has 0 bridgehead atoms. The van der Waals surface area contributed by atoms with Crippen molar-refractivity contribution in [3.63, 3.8) is 0 Å². The van der Waals surface area contributed by atoms with Gasteiger partial charge in [0.15, 0.2) is 45.6 Å². The normalized spacial score (nSPS) is 14.0. The third kappa shape index (κ3) is 19.7. The van der Waals surface area contributed by atoms with Crippen molar-refractivity contribution in [2.24, 2.45) is 26.2 Å². The molecule has 2 aromatic heterocycles. The molecule has 2 saturated heterocycles. The van der Waals surface area contributed by atoms with Crippen LogP contribution in [0.5, 0.6) is 0 Å². The van der Waals surface area contributed by atoms with Crippen LogP contribution in [0.4, 0.5) is 40.2 Å². The largest absolute Gasteiger partial charge is 0.379 e. The van der Waals surface area contributed by atoms with Crippen molar-refractivity contribution < 1.29 is 9.47 Å². The Balaban J connectivity index is 0.000000236. The minimum Gasteiger partial charge on any atom is -0.379 e. The number of halogens is 2. The standard InChI is InChI=1S/C27H36N8O.C21H23ClN6.C6H14N2O.ClH/c1-33(2)16-17-34(3)27-24(32-31-23-12-8-5-9-13-23)26(28-14-15-35-18-20-36-21-19-35)29-25(30-27)22-10-6-4-7-11-22;1-27(2)14-15-28(3)21-18(26-25-17-12-8-5-9-13-17)19(22)23-20(24-21)16-10-6-4-7-11-16;7-1-2-8-3-5-9-6-4-8;/h4-13H,14-21H2,1-3H3,(H,28,29,30);4-13H,14-15H2,1-3H3;1-7H2;1H. The van der Waals surface area contributed by atoms with Gasteiger partial charge in [0, 0.05) is 104 Å². The Bertz CT molecular complexity index is 2550. The number of likely N-dealkylation sites (N-methyl/N-ethyl adjacent to an activating group) is 4. The SMILES string of the molecule is CN(C)CCN(C)c1nc(-c2ccccc2)nc(Cl)c1N=Nc1ccccc1.CN(C)CCN(C)c1nc(-c2ccccc2)nc(NCCN2CCOCC2)c1N=Nc1ccccc1.Cl.NCCN1CCOCC1. The van der Waals surface area contributed by atoms with Crippen LogP contribution >= 0.6 is 24.0 Å². The lowest BCUT2D eigenvalue weighted by atomic mass is 10.2. The Labute approximate surface area is 449 Å². The average Bonchev–Trinajstić information content (AvgIpc) is 3.42. The summed E-state index contributed by atoms with van der Waals surface area (Å²) in [7, 11) is 12.2. The summed E-state index contributed by atoms with van der Waals surface area (Å²) >= 11 is 6.52. The summed E-state index contributed by atoms with van der Waals surface area (Å²) in [6, 6.07) is 39.1. The van der Waals surface area contributed by atoms with Crippen LogP contribution in [-0.2, 0) is 9.47 Å². The predicted octanol–water partition coefficient (Wildman–Crippen LogP) is 9.21. The van der Waals surface area contributed by atoms with Gasteiger partial charge in [0.25, 0.3) is 0 Å². The number of ether oxygens (including phenoxy) is 2. The van der Waals surface area contributed by atoms with E-state index in [-0.39, 0.29) is 17.6 Å². The molecular formula is C54H74Cl2N16O2. The van der Waals surface area contributed by atoms with Gasteiger partial charge >= 0.3 is 0 Å². The maximum atomic E-state index is 6.52. The molecule has 0 amide bonds. The van der Waals surface area contributed by atoms with E-state index in [4.69, 9.17) is 41.8 Å². The van der Waals surface area contributed by atoms with Gasteiger partial charge in [-0.2, -0.15) is 10.2 Å². The maximum Gasteiger partial charge on any atom is 0.170 e. The first-order valence-electron chi connectivity index (χ1n) is 24.9. The van der Waals surface area contributed by atoms with Crippen molar-refractivity contribution in [2.45, 2.75) is 0 Å². The number of morpholine rings is 2. The number of aromatic nitrogens is 4. The van der Waals surface area contributed by atoms with E-state index in [0.717, 1.165) is 133 Å². The summed E-state index contributed by atoms with van der Waals surface area (Å²) < 4.78 is 10.6. The molecule has 0 atom stereocenters. The Morgan fingerprint density at radius 1 is 0.527 bits per heavy atom. The number of rotatable bonds is 20. The summed E-state index contributed by atoms with van der Waals surface area (Å²) in [5.41, 5.74) is 9.87. The number of hydrogen-bond donors (Lipinski definition) is 2. The van der Waals surface area contributed by atoms with Gasteiger partial charge in [0.1, 0.15) is 0 Å². The van der Waals surface area contributed by atoms with Gasteiger partial charge in [-0.3, -0.25) is 9.80 Å². The molecule has 18 nitrogen and oxygen atoms in total. The fourth-order valence-corrected chi connectivity index (χ4v) is 7.61. The minimum absolute atomic E-state index is 0. The lowest BCUT2D eigenvalue weighted by Gasteiger charge is -2.27. The molecule has 0 spiro atoms. The van der Waals surface area contributed by atoms with Crippen molar-refractivity contribution in [1.29, 1.82) is 0 Å². The summed E-state index contributed by atoms with van der Waals surface area (Å²) in [5, 5.41) is 21.7. The quantitative estimate of drug-likeness (QED) is 0.0546. The van der Waals surface area contributed by atoms with Gasteiger partial charge in [0.05, 0.1) is 37.8 Å². The molecular weight excluding hydrogens is 976 g/mol. The molecule has 8 rings (SSSR count). The number of nitrogens with zero attached hydrogens (tertiary/aromatic N) is 14. The average molecular weight is 1050 g/mol. The van der Waals surface area contributed by atoms with Crippen LogP contribution in [0.15, 0.2) is 142 Å². The van der Waals surface area contributed by atoms with E-state index in [1.165, 1.54) is 0 Å². The van der Waals surface area contributed by atoms with Crippen molar-refractivity contribution >= 4 is 64.2 Å². The second kappa shape index (κ2) is 32.3. The zero-order valence-electron chi connectivity index (χ0n) is 43.8. The first kappa shape index (κ1) is 58.8. The zero-order chi connectivity index (χ0) is 51.6. The highest BCUT2D eigenvalue weighted by Crippen LogP contribution is 2.38. The molecule has 2 aliphatic heterocycles. The molecule has 6 aromatic rings. The number of benzene rings is 4. The lowest BCUT2D eigenvalue weighted by molar-refractivity contribution is 0.0394. The van der Waals surface area contributed by atoms with Crippen molar-refractivity contribution in [3.8, 4) is 22.8 Å². The molecule has 0 aliphatic carbocycles. The van der Waals surface area contributed by atoms with Crippen molar-refractivity contribution in [2.75, 3.05) is 162 Å². The zero-order valence-corrected chi connectivity index (χ0v) is 45.4.